The van der Waals surface area contributed by atoms with Crippen LogP contribution in [0, 0.1) is 0 Å². The summed E-state index contributed by atoms with van der Waals surface area (Å²) in [7, 11) is -3.90. The first-order chi connectivity index (χ1) is 3.97. The molecule has 0 unspecified atom stereocenters. The van der Waals surface area contributed by atoms with Crippen LogP contribution in [0.1, 0.15) is 6.92 Å². The Bertz CT molecular complexity index is 155. The van der Waals surface area contributed by atoms with Crippen LogP contribution < -0.4 is 0 Å². The van der Waals surface area contributed by atoms with E-state index in [-0.39, 0.29) is 0 Å². The summed E-state index contributed by atoms with van der Waals surface area (Å²) < 4.78 is 26.6. The van der Waals surface area contributed by atoms with Crippen molar-refractivity contribution in [3.05, 3.63) is 24.6 Å². The van der Waals surface area contributed by atoms with E-state index >= 15 is 0 Å². The fourth-order valence-corrected chi connectivity index (χ4v) is 0. The standard InChI is InChI=1S/C3H6.C2H4O3S/c1-3-2;1-2-6(3,4)5/h3H,1H2,2H3;2H,1H2,(H,3,4,5). The molecule has 3 nitrogen and oxygen atoms in total. The Kier molecular flexibility index (Phi) is 6.89. The lowest BCUT2D eigenvalue weighted by atomic mass is 10.8. The highest BCUT2D eigenvalue weighted by Gasteiger charge is 1.87. The van der Waals surface area contributed by atoms with Crippen molar-refractivity contribution in [1.29, 1.82) is 0 Å². The fraction of sp³-hybridized carbons (Fsp3) is 0.200. The summed E-state index contributed by atoms with van der Waals surface area (Å²) in [5, 5.41) is 0.465. The lowest BCUT2D eigenvalue weighted by Crippen LogP contribution is -1.86. The SMILES string of the molecule is C=CC.C=CS(=O)(=O)O. The molecular formula is C5H10O3S. The number of rotatable bonds is 1. The van der Waals surface area contributed by atoms with Crippen molar-refractivity contribution >= 4 is 10.1 Å². The molecule has 0 atom stereocenters. The topological polar surface area (TPSA) is 54.4 Å². The smallest absolute Gasteiger partial charge is 0.282 e. The van der Waals surface area contributed by atoms with Gasteiger partial charge >= 0.3 is 0 Å². The van der Waals surface area contributed by atoms with Gasteiger partial charge in [-0.25, -0.2) is 0 Å². The van der Waals surface area contributed by atoms with Gasteiger partial charge < -0.3 is 0 Å². The Hall–Kier alpha value is -0.610. The van der Waals surface area contributed by atoms with Gasteiger partial charge in [-0.1, -0.05) is 12.7 Å². The van der Waals surface area contributed by atoms with E-state index in [2.05, 4.69) is 13.2 Å². The monoisotopic (exact) mass is 150 g/mol. The Balaban J connectivity index is 0. The average Bonchev–Trinajstić information content (AvgIpc) is 1.67. The molecule has 54 valence electrons. The van der Waals surface area contributed by atoms with Gasteiger partial charge in [0.1, 0.15) is 0 Å². The first kappa shape index (κ1) is 11.2. The van der Waals surface area contributed by atoms with Crippen molar-refractivity contribution in [2.75, 3.05) is 0 Å². The van der Waals surface area contributed by atoms with E-state index in [0.29, 0.717) is 5.41 Å². The van der Waals surface area contributed by atoms with E-state index in [1.807, 2.05) is 6.92 Å². The summed E-state index contributed by atoms with van der Waals surface area (Å²) in [6.07, 6.45) is 1.75. The molecule has 0 radical (unpaired) electrons. The minimum absolute atomic E-state index is 0.465. The quantitative estimate of drug-likeness (QED) is 0.451. The van der Waals surface area contributed by atoms with E-state index in [1.165, 1.54) is 0 Å². The van der Waals surface area contributed by atoms with Gasteiger partial charge in [-0.05, 0) is 6.92 Å². The summed E-state index contributed by atoms with van der Waals surface area (Å²) in [6.45, 7) is 8.04. The molecule has 1 N–H and O–H groups in total. The van der Waals surface area contributed by atoms with Crippen LogP contribution in [-0.4, -0.2) is 13.0 Å². The molecule has 0 aliphatic carbocycles. The van der Waals surface area contributed by atoms with Crippen molar-refractivity contribution in [3.63, 3.8) is 0 Å². The van der Waals surface area contributed by atoms with E-state index in [0.717, 1.165) is 0 Å². The molecule has 0 aliphatic heterocycles. The molecule has 9 heavy (non-hydrogen) atoms. The second-order valence-electron chi connectivity index (χ2n) is 1.09. The van der Waals surface area contributed by atoms with Crippen LogP contribution in [0.15, 0.2) is 24.6 Å². The predicted octanol–water partition coefficient (Wildman–Crippen LogP) is 1.21. The summed E-state index contributed by atoms with van der Waals surface area (Å²) in [5.41, 5.74) is 0. The van der Waals surface area contributed by atoms with E-state index in [4.69, 9.17) is 4.55 Å². The molecule has 0 fully saturated rings. The van der Waals surface area contributed by atoms with Gasteiger partial charge in [-0.2, -0.15) is 8.42 Å². The van der Waals surface area contributed by atoms with E-state index in [1.54, 1.807) is 6.08 Å². The van der Waals surface area contributed by atoms with Gasteiger partial charge in [-0.3, -0.25) is 4.55 Å². The maximum atomic E-state index is 9.44. The zero-order valence-corrected chi connectivity index (χ0v) is 6.06. The molecule has 0 rings (SSSR count). The maximum absolute atomic E-state index is 9.44. The summed E-state index contributed by atoms with van der Waals surface area (Å²) in [5.74, 6) is 0. The largest absolute Gasteiger partial charge is 0.287 e. The van der Waals surface area contributed by atoms with Gasteiger partial charge in [0.2, 0.25) is 0 Å². The van der Waals surface area contributed by atoms with Gasteiger partial charge in [0.25, 0.3) is 10.1 Å². The van der Waals surface area contributed by atoms with Crippen molar-refractivity contribution < 1.29 is 13.0 Å². The molecule has 0 amide bonds. The summed E-state index contributed by atoms with van der Waals surface area (Å²) in [4.78, 5) is 0. The number of hydrogen-bond acceptors (Lipinski definition) is 2. The molecule has 0 bridgehead atoms. The minimum atomic E-state index is -3.90. The van der Waals surface area contributed by atoms with Crippen molar-refractivity contribution in [1.82, 2.24) is 0 Å². The predicted molar refractivity (Wildman–Crippen MR) is 37.6 cm³/mol. The van der Waals surface area contributed by atoms with Crippen LogP contribution in [0.5, 0.6) is 0 Å². The minimum Gasteiger partial charge on any atom is -0.282 e. The molecule has 0 heterocycles. The number of hydrogen-bond donors (Lipinski definition) is 1. The molecular weight excluding hydrogens is 140 g/mol. The van der Waals surface area contributed by atoms with Crippen LogP contribution in [0.3, 0.4) is 0 Å². The van der Waals surface area contributed by atoms with E-state index in [9.17, 15) is 8.42 Å². The third kappa shape index (κ3) is 37.6. The highest BCUT2D eigenvalue weighted by atomic mass is 32.2. The summed E-state index contributed by atoms with van der Waals surface area (Å²) >= 11 is 0. The third-order valence-electron chi connectivity index (χ3n) is 0.211. The summed E-state index contributed by atoms with van der Waals surface area (Å²) in [6, 6.07) is 0. The third-order valence-corrected chi connectivity index (χ3v) is 0.632. The maximum Gasteiger partial charge on any atom is 0.287 e. The van der Waals surface area contributed by atoms with Crippen LogP contribution in [0.4, 0.5) is 0 Å². The second-order valence-corrected chi connectivity index (χ2v) is 2.45. The Labute approximate surface area is 55.5 Å². The number of allylic oxidation sites excluding steroid dienone is 1. The van der Waals surface area contributed by atoms with Gasteiger partial charge in [0, 0.05) is 0 Å². The van der Waals surface area contributed by atoms with Gasteiger partial charge in [0.15, 0.2) is 0 Å². The van der Waals surface area contributed by atoms with Crippen molar-refractivity contribution in [2.24, 2.45) is 0 Å². The van der Waals surface area contributed by atoms with E-state index < -0.39 is 10.1 Å². The van der Waals surface area contributed by atoms with Crippen LogP contribution in [0.25, 0.3) is 0 Å². The van der Waals surface area contributed by atoms with Gasteiger partial charge in [0.05, 0.1) is 5.41 Å². The molecule has 0 aromatic rings. The van der Waals surface area contributed by atoms with Crippen LogP contribution >= 0.6 is 0 Å². The molecule has 0 spiro atoms. The normalized spacial score (nSPS) is 8.67. The zero-order valence-electron chi connectivity index (χ0n) is 5.24. The highest BCUT2D eigenvalue weighted by molar-refractivity contribution is 7.88. The first-order valence-corrected chi connectivity index (χ1v) is 3.65. The zero-order chi connectivity index (χ0) is 7.91. The molecule has 0 saturated heterocycles. The molecule has 0 aromatic heterocycles. The second kappa shape index (κ2) is 5.53. The first-order valence-electron chi connectivity index (χ1n) is 2.15. The molecule has 0 aromatic carbocycles. The lowest BCUT2D eigenvalue weighted by Gasteiger charge is -1.73. The Morgan fingerprint density at radius 2 is 1.56 bits per heavy atom. The fourth-order valence-electron chi connectivity index (χ4n) is 0. The van der Waals surface area contributed by atoms with Crippen molar-refractivity contribution in [3.8, 4) is 0 Å². The van der Waals surface area contributed by atoms with Gasteiger partial charge in [-0.15, -0.1) is 6.58 Å². The molecule has 0 saturated carbocycles. The Morgan fingerprint density at radius 1 is 1.44 bits per heavy atom. The van der Waals surface area contributed by atoms with Crippen LogP contribution in [-0.2, 0) is 10.1 Å². The lowest BCUT2D eigenvalue weighted by molar-refractivity contribution is 0.494. The molecule has 4 heteroatoms. The highest BCUT2D eigenvalue weighted by Crippen LogP contribution is 1.75. The van der Waals surface area contributed by atoms with Crippen LogP contribution in [0.2, 0.25) is 0 Å². The average molecular weight is 150 g/mol. The van der Waals surface area contributed by atoms with Crippen molar-refractivity contribution in [2.45, 2.75) is 6.92 Å². The molecule has 0 aliphatic rings. The Morgan fingerprint density at radius 3 is 1.56 bits per heavy atom.